The van der Waals surface area contributed by atoms with Crippen molar-refractivity contribution in [2.45, 2.75) is 19.9 Å². The van der Waals surface area contributed by atoms with E-state index in [1.807, 2.05) is 0 Å². The van der Waals surface area contributed by atoms with Gasteiger partial charge in [0.1, 0.15) is 11.8 Å². The van der Waals surface area contributed by atoms with Crippen LogP contribution in [0.2, 0.25) is 0 Å². The van der Waals surface area contributed by atoms with Crippen molar-refractivity contribution in [1.82, 2.24) is 4.90 Å². The number of nitrogens with zero attached hydrogens (tertiary/aromatic N) is 1. The van der Waals surface area contributed by atoms with Gasteiger partial charge < -0.3 is 14.2 Å². The Bertz CT molecular complexity index is 790. The largest absolute Gasteiger partial charge is 0.481 e. The van der Waals surface area contributed by atoms with Crippen LogP contribution in [-0.4, -0.2) is 54.4 Å². The summed E-state index contributed by atoms with van der Waals surface area (Å²) in [5.74, 6) is -1.43. The number of carbonyl (C=O) groups excluding carboxylic acids is 4. The number of hydrogen-bond donors (Lipinski definition) is 0. The molecule has 0 spiro atoms. The number of amides is 2. The van der Waals surface area contributed by atoms with Crippen molar-refractivity contribution < 1.29 is 33.4 Å². The molecule has 2 amide bonds. The van der Waals surface area contributed by atoms with Crippen LogP contribution in [-0.2, 0) is 23.9 Å². The van der Waals surface area contributed by atoms with Crippen molar-refractivity contribution in [3.63, 3.8) is 0 Å². The first-order valence-corrected chi connectivity index (χ1v) is 8.93. The number of esters is 2. The van der Waals surface area contributed by atoms with Gasteiger partial charge in [-0.2, -0.15) is 0 Å². The second-order valence-electron chi connectivity index (χ2n) is 5.38. The lowest BCUT2D eigenvalue weighted by atomic mass is 10.1. The van der Waals surface area contributed by atoms with Crippen LogP contribution < -0.4 is 4.74 Å². The van der Waals surface area contributed by atoms with Gasteiger partial charge in [0.2, 0.25) is 0 Å². The van der Waals surface area contributed by atoms with Crippen LogP contribution in [0.1, 0.15) is 19.4 Å². The van der Waals surface area contributed by atoms with Crippen LogP contribution in [0, 0.1) is 0 Å². The lowest BCUT2D eigenvalue weighted by Gasteiger charge is -2.18. The van der Waals surface area contributed by atoms with Gasteiger partial charge in [-0.25, -0.2) is 9.59 Å². The van der Waals surface area contributed by atoms with Gasteiger partial charge in [0.25, 0.3) is 11.1 Å². The van der Waals surface area contributed by atoms with E-state index >= 15 is 0 Å². The zero-order valence-corrected chi connectivity index (χ0v) is 15.9. The van der Waals surface area contributed by atoms with Crippen molar-refractivity contribution in [1.29, 1.82) is 0 Å². The number of imide groups is 1. The van der Waals surface area contributed by atoms with Gasteiger partial charge in [0, 0.05) is 5.56 Å². The van der Waals surface area contributed by atoms with E-state index in [-0.39, 0.29) is 18.1 Å². The highest BCUT2D eigenvalue weighted by atomic mass is 32.2. The number of para-hydroxylation sites is 1. The molecule has 27 heavy (non-hydrogen) atoms. The number of hydrogen-bond acceptors (Lipinski definition) is 8. The third kappa shape index (κ3) is 4.88. The quantitative estimate of drug-likeness (QED) is 0.514. The molecular formula is C18H19NO7S. The fraction of sp³-hybridized carbons (Fsp3) is 0.333. The summed E-state index contributed by atoms with van der Waals surface area (Å²) in [7, 11) is 1.19. The standard InChI is InChI=1S/C18H19NO7S/c1-4-25-15(20)10-26-13-8-6-5-7-12(13)9-14-16(21)19(18(23)27-14)11(2)17(22)24-3/h5-9,11H,4,10H2,1-3H3/b14-9+/t11-/m0/s1. The topological polar surface area (TPSA) is 99.2 Å². The predicted octanol–water partition coefficient (Wildman–Crippen LogP) is 2.23. The first kappa shape index (κ1) is 20.5. The Balaban J connectivity index is 2.21. The van der Waals surface area contributed by atoms with E-state index in [0.29, 0.717) is 11.3 Å². The molecular weight excluding hydrogens is 374 g/mol. The molecule has 0 aromatic heterocycles. The summed E-state index contributed by atoms with van der Waals surface area (Å²) in [5.41, 5.74) is 0.512. The molecule has 1 fully saturated rings. The minimum atomic E-state index is -1.02. The monoisotopic (exact) mass is 393 g/mol. The van der Waals surface area contributed by atoms with Gasteiger partial charge in [0.05, 0.1) is 18.6 Å². The molecule has 1 saturated heterocycles. The molecule has 2 rings (SSSR count). The number of thioether (sulfide) groups is 1. The van der Waals surface area contributed by atoms with E-state index in [2.05, 4.69) is 4.74 Å². The lowest BCUT2D eigenvalue weighted by molar-refractivity contribution is -0.148. The Morgan fingerprint density at radius 3 is 2.63 bits per heavy atom. The van der Waals surface area contributed by atoms with Crippen LogP contribution in [0.15, 0.2) is 29.2 Å². The maximum atomic E-state index is 12.5. The summed E-state index contributed by atoms with van der Waals surface area (Å²) >= 11 is 0.718. The molecule has 8 nitrogen and oxygen atoms in total. The fourth-order valence-electron chi connectivity index (χ4n) is 2.30. The van der Waals surface area contributed by atoms with Crippen LogP contribution >= 0.6 is 11.8 Å². The smallest absolute Gasteiger partial charge is 0.344 e. The molecule has 1 atom stereocenters. The molecule has 1 heterocycles. The molecule has 144 valence electrons. The molecule has 0 aliphatic carbocycles. The first-order valence-electron chi connectivity index (χ1n) is 8.11. The molecule has 1 aromatic rings. The molecule has 1 aliphatic heterocycles. The first-order chi connectivity index (χ1) is 12.9. The predicted molar refractivity (Wildman–Crippen MR) is 97.9 cm³/mol. The minimum Gasteiger partial charge on any atom is -0.481 e. The zero-order valence-electron chi connectivity index (χ0n) is 15.1. The van der Waals surface area contributed by atoms with E-state index in [9.17, 15) is 19.2 Å². The normalized spacial score (nSPS) is 16.4. The Kier molecular flexibility index (Phi) is 7.00. The van der Waals surface area contributed by atoms with E-state index in [1.165, 1.54) is 20.1 Å². The van der Waals surface area contributed by atoms with Crippen LogP contribution in [0.25, 0.3) is 6.08 Å². The highest BCUT2D eigenvalue weighted by Crippen LogP contribution is 2.35. The summed E-state index contributed by atoms with van der Waals surface area (Å²) in [5, 5.41) is -0.561. The molecule has 9 heteroatoms. The third-order valence-corrected chi connectivity index (χ3v) is 4.49. The highest BCUT2D eigenvalue weighted by Gasteiger charge is 2.41. The van der Waals surface area contributed by atoms with E-state index < -0.39 is 29.1 Å². The summed E-state index contributed by atoms with van der Waals surface area (Å²) in [6.07, 6.45) is 1.48. The van der Waals surface area contributed by atoms with Crippen molar-refractivity contribution >= 4 is 40.9 Å². The highest BCUT2D eigenvalue weighted by molar-refractivity contribution is 8.18. The Hall–Kier alpha value is -2.81. The number of rotatable bonds is 7. The fourth-order valence-corrected chi connectivity index (χ4v) is 3.20. The molecule has 0 radical (unpaired) electrons. The number of ether oxygens (including phenoxy) is 3. The molecule has 0 bridgehead atoms. The van der Waals surface area contributed by atoms with Gasteiger partial charge in [-0.05, 0) is 37.8 Å². The minimum absolute atomic E-state index is 0.142. The maximum absolute atomic E-state index is 12.5. The summed E-state index contributed by atoms with van der Waals surface area (Å²) in [4.78, 5) is 48.8. The van der Waals surface area contributed by atoms with E-state index in [1.54, 1.807) is 31.2 Å². The number of methoxy groups -OCH3 is 1. The average Bonchev–Trinajstić information content (AvgIpc) is 2.93. The summed E-state index contributed by atoms with van der Waals surface area (Å²) in [6, 6.07) is 5.72. The summed E-state index contributed by atoms with van der Waals surface area (Å²) < 4.78 is 14.8. The third-order valence-electron chi connectivity index (χ3n) is 3.61. The van der Waals surface area contributed by atoms with E-state index in [0.717, 1.165) is 16.7 Å². The molecule has 1 aromatic carbocycles. The van der Waals surface area contributed by atoms with Gasteiger partial charge in [0.15, 0.2) is 6.61 Å². The van der Waals surface area contributed by atoms with Crippen LogP contribution in [0.4, 0.5) is 4.79 Å². The molecule has 0 unspecified atom stereocenters. The second-order valence-corrected chi connectivity index (χ2v) is 6.38. The molecule has 1 aliphatic rings. The van der Waals surface area contributed by atoms with Gasteiger partial charge in [-0.15, -0.1) is 0 Å². The Morgan fingerprint density at radius 2 is 1.96 bits per heavy atom. The number of benzene rings is 1. The summed E-state index contributed by atoms with van der Waals surface area (Å²) in [6.45, 7) is 3.08. The average molecular weight is 393 g/mol. The van der Waals surface area contributed by atoms with Gasteiger partial charge in [-0.3, -0.25) is 14.5 Å². The Morgan fingerprint density at radius 1 is 1.26 bits per heavy atom. The van der Waals surface area contributed by atoms with Gasteiger partial charge in [-0.1, -0.05) is 18.2 Å². The SMILES string of the molecule is CCOC(=O)COc1ccccc1/C=C1/SC(=O)N([C@@H](C)C(=O)OC)C1=O. The van der Waals surface area contributed by atoms with Crippen molar-refractivity contribution in [2.24, 2.45) is 0 Å². The molecule has 0 N–H and O–H groups in total. The number of carbonyl (C=O) groups is 4. The lowest BCUT2D eigenvalue weighted by Crippen LogP contribution is -2.42. The maximum Gasteiger partial charge on any atom is 0.344 e. The van der Waals surface area contributed by atoms with E-state index in [4.69, 9.17) is 9.47 Å². The van der Waals surface area contributed by atoms with Crippen molar-refractivity contribution in [2.75, 3.05) is 20.3 Å². The van der Waals surface area contributed by atoms with Crippen LogP contribution in [0.3, 0.4) is 0 Å². The van der Waals surface area contributed by atoms with Crippen LogP contribution in [0.5, 0.6) is 5.75 Å². The molecule has 0 saturated carbocycles. The van der Waals surface area contributed by atoms with Gasteiger partial charge >= 0.3 is 11.9 Å². The zero-order chi connectivity index (χ0) is 20.0. The second kappa shape index (κ2) is 9.22. The van der Waals surface area contributed by atoms with Crippen molar-refractivity contribution in [3.05, 3.63) is 34.7 Å². The Labute approximate surface area is 160 Å². The van der Waals surface area contributed by atoms with Crippen molar-refractivity contribution in [3.8, 4) is 5.75 Å².